The molecule has 0 bridgehead atoms. The maximum atomic E-state index is 10.4. The van der Waals surface area contributed by atoms with E-state index in [-0.39, 0.29) is 18.6 Å². The van der Waals surface area contributed by atoms with E-state index in [2.05, 4.69) is 0 Å². The van der Waals surface area contributed by atoms with Crippen molar-refractivity contribution in [2.45, 2.75) is 32.8 Å². The van der Waals surface area contributed by atoms with Crippen LogP contribution in [0, 0.1) is 0 Å². The molecule has 0 aliphatic heterocycles. The molecule has 27 nitrogen and oxygen atoms in total. The lowest BCUT2D eigenvalue weighted by Crippen LogP contribution is -2.22. The predicted molar refractivity (Wildman–Crippen MR) is 298 cm³/mol. The number of carbonyl (C=O) groups is 1. The van der Waals surface area contributed by atoms with Crippen LogP contribution in [0.5, 0.6) is 0 Å². The molecule has 0 atom stereocenters. The molecule has 0 heterocycles. The van der Waals surface area contributed by atoms with Crippen LogP contribution in [0.15, 0.2) is 0 Å². The first-order chi connectivity index (χ1) is 40.4. The van der Waals surface area contributed by atoms with E-state index in [1.54, 1.807) is 0 Å². The maximum Gasteiger partial charge on any atom is 0.305 e. The first-order valence-electron chi connectivity index (χ1n) is 29.1. The van der Waals surface area contributed by atoms with Crippen molar-refractivity contribution in [2.75, 3.05) is 324 Å². The molecule has 0 fully saturated rings. The number of aliphatic carboxylic acids is 1. The van der Waals surface area contributed by atoms with Crippen LogP contribution in [-0.2, 0) is 123 Å². The van der Waals surface area contributed by atoms with Gasteiger partial charge in [0.2, 0.25) is 0 Å². The van der Waals surface area contributed by atoms with Gasteiger partial charge in [-0.15, -0.1) is 0 Å². The molecular formula is C55H110O27. The van der Waals surface area contributed by atoms with Crippen molar-refractivity contribution < 1.29 is 128 Å². The second kappa shape index (κ2) is 71.9. The third kappa shape index (κ3) is 78.5. The minimum Gasteiger partial charge on any atom is -0.481 e. The maximum absolute atomic E-state index is 10.4. The molecule has 0 radical (unpaired) electrons. The second-order valence-corrected chi connectivity index (χ2v) is 17.8. The summed E-state index contributed by atoms with van der Waals surface area (Å²) < 4.78 is 137. The highest BCUT2D eigenvalue weighted by molar-refractivity contribution is 5.66. The summed E-state index contributed by atoms with van der Waals surface area (Å²) in [4.78, 5) is 10.4. The summed E-state index contributed by atoms with van der Waals surface area (Å²) in [6.45, 7) is 29.5. The molecule has 0 saturated carbocycles. The van der Waals surface area contributed by atoms with Crippen LogP contribution < -0.4 is 0 Å². The zero-order chi connectivity index (χ0) is 59.1. The fourth-order valence-electron chi connectivity index (χ4n) is 5.73. The van der Waals surface area contributed by atoms with Crippen molar-refractivity contribution in [2.24, 2.45) is 0 Å². The summed E-state index contributed by atoms with van der Waals surface area (Å²) in [5.41, 5.74) is -0.144. The van der Waals surface area contributed by atoms with Crippen molar-refractivity contribution in [3.05, 3.63) is 0 Å². The molecule has 0 aliphatic rings. The van der Waals surface area contributed by atoms with Gasteiger partial charge >= 0.3 is 5.97 Å². The van der Waals surface area contributed by atoms with E-state index in [0.29, 0.717) is 317 Å². The van der Waals surface area contributed by atoms with Gasteiger partial charge in [0, 0.05) is 0 Å². The Hall–Kier alpha value is -1.53. The first-order valence-corrected chi connectivity index (χ1v) is 29.1. The summed E-state index contributed by atoms with van der Waals surface area (Å²) in [6, 6.07) is 0. The Labute approximate surface area is 489 Å². The Bertz CT molecular complexity index is 1180. The van der Waals surface area contributed by atoms with Gasteiger partial charge in [0.05, 0.1) is 336 Å². The Kier molecular flexibility index (Phi) is 70.6. The van der Waals surface area contributed by atoms with Crippen LogP contribution in [0.25, 0.3) is 0 Å². The van der Waals surface area contributed by atoms with Crippen molar-refractivity contribution >= 4 is 5.97 Å². The Morgan fingerprint density at radius 1 is 0.195 bits per heavy atom. The summed E-state index contributed by atoms with van der Waals surface area (Å²) >= 11 is 0. The summed E-state index contributed by atoms with van der Waals surface area (Å²) in [5, 5.41) is 8.52. The molecule has 0 rings (SSSR count). The van der Waals surface area contributed by atoms with Gasteiger partial charge in [-0.05, 0) is 20.8 Å². The van der Waals surface area contributed by atoms with Crippen molar-refractivity contribution in [3.8, 4) is 0 Å². The molecule has 27 heteroatoms. The van der Waals surface area contributed by atoms with E-state index in [0.717, 1.165) is 0 Å². The van der Waals surface area contributed by atoms with Gasteiger partial charge in [-0.25, -0.2) is 0 Å². The van der Waals surface area contributed by atoms with Gasteiger partial charge in [0.25, 0.3) is 0 Å². The quantitative estimate of drug-likeness (QED) is 0.0849. The SMILES string of the molecule is CC(C)(C)OCCOCCOCCOCCOCCOCCOCCOCCOCCOCCOCCOCCOCCOCCOCCOCCOCCOCCOCCOCCOCCOCCOCCOCCOCCC(=O)O. The van der Waals surface area contributed by atoms with Gasteiger partial charge in [-0.2, -0.15) is 0 Å². The highest BCUT2D eigenvalue weighted by Gasteiger charge is 2.09. The van der Waals surface area contributed by atoms with E-state index in [1.165, 1.54) is 0 Å². The Morgan fingerprint density at radius 2 is 0.293 bits per heavy atom. The van der Waals surface area contributed by atoms with E-state index >= 15 is 0 Å². The largest absolute Gasteiger partial charge is 0.481 e. The lowest BCUT2D eigenvalue weighted by molar-refractivity contribution is -0.138. The Morgan fingerprint density at radius 3 is 0.390 bits per heavy atom. The molecule has 82 heavy (non-hydrogen) atoms. The van der Waals surface area contributed by atoms with E-state index < -0.39 is 5.97 Å². The van der Waals surface area contributed by atoms with Gasteiger partial charge < -0.3 is 124 Å². The fourth-order valence-corrected chi connectivity index (χ4v) is 5.73. The number of ether oxygens (including phenoxy) is 25. The van der Waals surface area contributed by atoms with Crippen molar-refractivity contribution in [1.82, 2.24) is 0 Å². The van der Waals surface area contributed by atoms with Crippen LogP contribution in [-0.4, -0.2) is 340 Å². The molecule has 0 aromatic heterocycles. The standard InChI is InChI=1S/C55H110O27/c1-55(2,3)82-53-52-81-51-50-80-49-48-79-47-46-78-45-44-77-43-42-76-41-40-75-39-38-74-37-36-73-35-34-72-33-32-71-31-30-70-29-28-69-27-26-68-25-24-67-23-22-66-21-20-65-19-18-64-17-16-63-15-14-62-13-12-61-11-10-60-9-8-59-7-6-58-5-4-54(56)57/h4-53H2,1-3H3,(H,56,57). The van der Waals surface area contributed by atoms with Crippen LogP contribution in [0.2, 0.25) is 0 Å². The van der Waals surface area contributed by atoms with Crippen molar-refractivity contribution in [3.63, 3.8) is 0 Å². The van der Waals surface area contributed by atoms with Gasteiger partial charge in [0.15, 0.2) is 0 Å². The van der Waals surface area contributed by atoms with Gasteiger partial charge in [0.1, 0.15) is 0 Å². The van der Waals surface area contributed by atoms with Crippen LogP contribution in [0.1, 0.15) is 27.2 Å². The minimum absolute atomic E-state index is 0.00981. The topological polar surface area (TPSA) is 268 Å². The van der Waals surface area contributed by atoms with E-state index in [1.807, 2.05) is 20.8 Å². The van der Waals surface area contributed by atoms with Crippen LogP contribution in [0.4, 0.5) is 0 Å². The lowest BCUT2D eigenvalue weighted by atomic mass is 10.2. The molecular weight excluding hydrogens is 1090 g/mol. The minimum atomic E-state index is -0.880. The second-order valence-electron chi connectivity index (χ2n) is 17.8. The number of hydrogen-bond acceptors (Lipinski definition) is 26. The van der Waals surface area contributed by atoms with Crippen molar-refractivity contribution in [1.29, 1.82) is 0 Å². The number of carboxylic acids is 1. The molecule has 0 aromatic carbocycles. The molecule has 0 saturated heterocycles. The summed E-state index contributed by atoms with van der Waals surface area (Å²) in [7, 11) is 0. The third-order valence-corrected chi connectivity index (χ3v) is 9.78. The summed E-state index contributed by atoms with van der Waals surface area (Å²) in [6.07, 6.45) is -0.00981. The zero-order valence-electron chi connectivity index (χ0n) is 50.4. The molecule has 0 aliphatic carbocycles. The third-order valence-electron chi connectivity index (χ3n) is 9.78. The number of carboxylic acid groups (broad SMARTS) is 1. The fraction of sp³-hybridized carbons (Fsp3) is 0.982. The average Bonchev–Trinajstić information content (AvgIpc) is 3.45. The molecule has 0 unspecified atom stereocenters. The lowest BCUT2D eigenvalue weighted by Gasteiger charge is -2.19. The van der Waals surface area contributed by atoms with E-state index in [9.17, 15) is 4.79 Å². The van der Waals surface area contributed by atoms with E-state index in [4.69, 9.17) is 124 Å². The average molecular weight is 1200 g/mol. The normalized spacial score (nSPS) is 11.9. The van der Waals surface area contributed by atoms with Crippen LogP contribution in [0.3, 0.4) is 0 Å². The first kappa shape index (κ1) is 80.5. The molecule has 492 valence electrons. The Balaban J connectivity index is 3.09. The molecule has 1 N–H and O–H groups in total. The molecule has 0 aromatic rings. The summed E-state index contributed by atoms with van der Waals surface area (Å²) in [5.74, 6) is -0.880. The molecule has 0 amide bonds. The highest BCUT2D eigenvalue weighted by Crippen LogP contribution is 2.05. The highest BCUT2D eigenvalue weighted by atomic mass is 16.6. The van der Waals surface area contributed by atoms with Gasteiger partial charge in [-0.3, -0.25) is 4.79 Å². The van der Waals surface area contributed by atoms with Gasteiger partial charge in [-0.1, -0.05) is 0 Å². The van der Waals surface area contributed by atoms with Crippen LogP contribution >= 0.6 is 0 Å². The molecule has 0 spiro atoms. The number of hydrogen-bond donors (Lipinski definition) is 1. The predicted octanol–water partition coefficient (Wildman–Crippen LogP) is 1.67. The number of rotatable bonds is 75. The zero-order valence-corrected chi connectivity index (χ0v) is 50.4. The smallest absolute Gasteiger partial charge is 0.305 e. The monoisotopic (exact) mass is 1200 g/mol.